The molecule has 0 saturated carbocycles. The number of rotatable bonds is 7. The molecular weight excluding hydrogens is 344 g/mol. The molecule has 2 rings (SSSR count). The first-order valence-electron chi connectivity index (χ1n) is 6.40. The summed E-state index contributed by atoms with van der Waals surface area (Å²) < 4.78 is 0. The minimum absolute atomic E-state index is 0.124. The molecule has 116 valence electrons. The number of thioether (sulfide) groups is 1. The van der Waals surface area contributed by atoms with Gasteiger partial charge in [-0.1, -0.05) is 17.7 Å². The highest BCUT2D eigenvalue weighted by Gasteiger charge is 2.15. The molecule has 0 fully saturated rings. The van der Waals surface area contributed by atoms with Gasteiger partial charge in [-0.15, -0.1) is 11.3 Å². The predicted molar refractivity (Wildman–Crippen MR) is 90.9 cm³/mol. The van der Waals surface area contributed by atoms with Crippen LogP contribution in [-0.2, 0) is 5.75 Å². The maximum absolute atomic E-state index is 12.0. The minimum Gasteiger partial charge on any atom is -0.351 e. The fraction of sp³-hybridized carbons (Fsp3) is 0.214. The second kappa shape index (κ2) is 8.17. The maximum atomic E-state index is 12.0. The van der Waals surface area contributed by atoms with Gasteiger partial charge in [-0.2, -0.15) is 11.8 Å². The summed E-state index contributed by atoms with van der Waals surface area (Å²) in [6.45, 7) is 0.480. The van der Waals surface area contributed by atoms with Crippen LogP contribution in [0.15, 0.2) is 35.7 Å². The smallest absolute Gasteiger partial charge is 0.270 e. The number of nitrogens with one attached hydrogen (secondary N) is 1. The lowest BCUT2D eigenvalue weighted by Crippen LogP contribution is -2.26. The Morgan fingerprint density at radius 3 is 2.91 bits per heavy atom. The molecule has 0 aliphatic rings. The first-order chi connectivity index (χ1) is 10.6. The SMILES string of the molecule is O=C(NCCSCc1cccs1)c1cc([N+](=O)[O-])ccc1Cl. The van der Waals surface area contributed by atoms with Gasteiger partial charge in [0.05, 0.1) is 15.5 Å². The Balaban J connectivity index is 1.82. The molecule has 1 aromatic carbocycles. The Kier molecular flexibility index (Phi) is 6.23. The van der Waals surface area contributed by atoms with Gasteiger partial charge in [-0.25, -0.2) is 0 Å². The third-order valence-corrected chi connectivity index (χ3v) is 5.16. The lowest BCUT2D eigenvalue weighted by molar-refractivity contribution is -0.384. The number of nitro groups is 1. The van der Waals surface area contributed by atoms with Crippen molar-refractivity contribution in [3.8, 4) is 0 Å². The topological polar surface area (TPSA) is 72.2 Å². The highest BCUT2D eigenvalue weighted by molar-refractivity contribution is 7.98. The van der Waals surface area contributed by atoms with Crippen LogP contribution >= 0.6 is 34.7 Å². The third-order valence-electron chi connectivity index (χ3n) is 2.76. The van der Waals surface area contributed by atoms with Gasteiger partial charge in [-0.3, -0.25) is 14.9 Å². The van der Waals surface area contributed by atoms with E-state index in [2.05, 4.69) is 11.4 Å². The summed E-state index contributed by atoms with van der Waals surface area (Å²) in [6.07, 6.45) is 0. The first kappa shape index (κ1) is 16.8. The molecule has 0 saturated heterocycles. The fourth-order valence-electron chi connectivity index (χ4n) is 1.70. The van der Waals surface area contributed by atoms with Gasteiger partial charge >= 0.3 is 0 Å². The summed E-state index contributed by atoms with van der Waals surface area (Å²) in [7, 11) is 0. The summed E-state index contributed by atoms with van der Waals surface area (Å²) in [5.41, 5.74) is -0.0271. The molecule has 8 heteroatoms. The number of halogens is 1. The molecule has 1 heterocycles. The zero-order valence-corrected chi connectivity index (χ0v) is 13.8. The monoisotopic (exact) mass is 356 g/mol. The summed E-state index contributed by atoms with van der Waals surface area (Å²) in [4.78, 5) is 23.5. The zero-order valence-electron chi connectivity index (χ0n) is 11.5. The van der Waals surface area contributed by atoms with Crippen LogP contribution in [0.25, 0.3) is 0 Å². The summed E-state index contributed by atoms with van der Waals surface area (Å²) >= 11 is 9.33. The van der Waals surface area contributed by atoms with Crippen molar-refractivity contribution in [2.75, 3.05) is 12.3 Å². The Hall–Kier alpha value is -1.57. The van der Waals surface area contributed by atoms with Crippen molar-refractivity contribution in [1.29, 1.82) is 0 Å². The zero-order chi connectivity index (χ0) is 15.9. The van der Waals surface area contributed by atoms with E-state index in [1.807, 2.05) is 11.4 Å². The highest BCUT2D eigenvalue weighted by atomic mass is 35.5. The lowest BCUT2D eigenvalue weighted by Gasteiger charge is -2.06. The van der Waals surface area contributed by atoms with E-state index in [0.717, 1.165) is 11.5 Å². The van der Waals surface area contributed by atoms with Crippen LogP contribution in [0.2, 0.25) is 5.02 Å². The van der Waals surface area contributed by atoms with Gasteiger partial charge in [0.25, 0.3) is 11.6 Å². The molecule has 0 radical (unpaired) electrons. The van der Waals surface area contributed by atoms with Gasteiger partial charge in [-0.05, 0) is 17.5 Å². The van der Waals surface area contributed by atoms with Crippen LogP contribution in [0.5, 0.6) is 0 Å². The quantitative estimate of drug-likeness (QED) is 0.463. The van der Waals surface area contributed by atoms with Crippen LogP contribution in [-0.4, -0.2) is 23.1 Å². The molecule has 5 nitrogen and oxygen atoms in total. The largest absolute Gasteiger partial charge is 0.351 e. The molecular formula is C14H13ClN2O3S2. The number of hydrogen-bond donors (Lipinski definition) is 1. The molecule has 0 spiro atoms. The van der Waals surface area contributed by atoms with Crippen molar-refractivity contribution < 1.29 is 9.72 Å². The van der Waals surface area contributed by atoms with Crippen molar-refractivity contribution in [1.82, 2.24) is 5.32 Å². The van der Waals surface area contributed by atoms with Gasteiger partial charge in [0.2, 0.25) is 0 Å². The molecule has 1 N–H and O–H groups in total. The van der Waals surface area contributed by atoms with Crippen LogP contribution in [0.1, 0.15) is 15.2 Å². The second-order valence-corrected chi connectivity index (χ2v) is 6.85. The van der Waals surface area contributed by atoms with E-state index in [4.69, 9.17) is 11.6 Å². The predicted octanol–water partition coefficient (Wildman–Crippen LogP) is 3.97. The van der Waals surface area contributed by atoms with Crippen molar-refractivity contribution >= 4 is 46.3 Å². The summed E-state index contributed by atoms with van der Waals surface area (Å²) in [6, 6.07) is 7.90. The minimum atomic E-state index is -0.552. The highest BCUT2D eigenvalue weighted by Crippen LogP contribution is 2.22. The van der Waals surface area contributed by atoms with Crippen molar-refractivity contribution in [2.45, 2.75) is 5.75 Å². The Bertz CT molecular complexity index is 662. The maximum Gasteiger partial charge on any atom is 0.270 e. The van der Waals surface area contributed by atoms with Crippen LogP contribution < -0.4 is 5.32 Å². The van der Waals surface area contributed by atoms with E-state index in [1.54, 1.807) is 23.1 Å². The van der Waals surface area contributed by atoms with Gasteiger partial charge in [0.1, 0.15) is 0 Å². The van der Waals surface area contributed by atoms with Crippen LogP contribution in [0.4, 0.5) is 5.69 Å². The van der Waals surface area contributed by atoms with Crippen LogP contribution in [0, 0.1) is 10.1 Å². The van der Waals surface area contributed by atoms with Crippen molar-refractivity contribution in [2.24, 2.45) is 0 Å². The molecule has 22 heavy (non-hydrogen) atoms. The molecule has 0 atom stereocenters. The normalized spacial score (nSPS) is 10.4. The lowest BCUT2D eigenvalue weighted by atomic mass is 10.2. The van der Waals surface area contributed by atoms with E-state index in [0.29, 0.717) is 6.54 Å². The number of benzene rings is 1. The third kappa shape index (κ3) is 4.72. The Morgan fingerprint density at radius 2 is 2.23 bits per heavy atom. The number of thiophene rings is 1. The number of non-ortho nitro benzene ring substituents is 1. The standard InChI is InChI=1S/C14H13ClN2O3S2/c15-13-4-3-10(17(19)20)8-12(13)14(18)16-5-7-21-9-11-2-1-6-22-11/h1-4,6,8H,5,7,9H2,(H,16,18). The van der Waals surface area contributed by atoms with E-state index in [-0.39, 0.29) is 16.3 Å². The number of hydrogen-bond acceptors (Lipinski definition) is 5. The molecule has 0 unspecified atom stereocenters. The van der Waals surface area contributed by atoms with Crippen molar-refractivity contribution in [3.05, 3.63) is 61.3 Å². The fourth-order valence-corrected chi connectivity index (χ4v) is 3.60. The van der Waals surface area contributed by atoms with Crippen molar-refractivity contribution in [3.63, 3.8) is 0 Å². The van der Waals surface area contributed by atoms with Gasteiger partial charge in [0.15, 0.2) is 0 Å². The summed E-state index contributed by atoms with van der Waals surface area (Å²) in [5.74, 6) is 1.27. The number of nitro benzene ring substituents is 1. The Morgan fingerprint density at radius 1 is 1.41 bits per heavy atom. The molecule has 2 aromatic rings. The molecule has 1 aromatic heterocycles. The van der Waals surface area contributed by atoms with Gasteiger partial charge < -0.3 is 5.32 Å². The summed E-state index contributed by atoms with van der Waals surface area (Å²) in [5, 5.41) is 15.7. The number of carbonyl (C=O) groups excluding carboxylic acids is 1. The second-order valence-electron chi connectivity index (χ2n) is 4.31. The molecule has 1 amide bonds. The molecule has 0 aliphatic carbocycles. The van der Waals surface area contributed by atoms with E-state index >= 15 is 0 Å². The average Bonchev–Trinajstić information content (AvgIpc) is 3.00. The van der Waals surface area contributed by atoms with Gasteiger partial charge in [0, 0.05) is 35.1 Å². The number of carbonyl (C=O) groups is 1. The van der Waals surface area contributed by atoms with E-state index in [1.165, 1.54) is 23.1 Å². The average molecular weight is 357 g/mol. The molecule has 0 bridgehead atoms. The Labute approximate surface area is 140 Å². The first-order valence-corrected chi connectivity index (χ1v) is 8.81. The van der Waals surface area contributed by atoms with E-state index in [9.17, 15) is 14.9 Å². The van der Waals surface area contributed by atoms with Crippen LogP contribution in [0.3, 0.4) is 0 Å². The number of amides is 1. The molecule has 0 aliphatic heterocycles. The number of nitrogens with zero attached hydrogens (tertiary/aromatic N) is 1. The van der Waals surface area contributed by atoms with E-state index < -0.39 is 10.8 Å².